The van der Waals surface area contributed by atoms with Crippen molar-refractivity contribution in [2.24, 2.45) is 4.99 Å². The van der Waals surface area contributed by atoms with E-state index in [1.54, 1.807) is 44.2 Å². The van der Waals surface area contributed by atoms with Gasteiger partial charge in [0.15, 0.2) is 0 Å². The predicted molar refractivity (Wildman–Crippen MR) is 114 cm³/mol. The van der Waals surface area contributed by atoms with E-state index in [9.17, 15) is 4.79 Å². The Morgan fingerprint density at radius 1 is 1.07 bits per heavy atom. The van der Waals surface area contributed by atoms with E-state index in [0.717, 1.165) is 11.4 Å². The Morgan fingerprint density at radius 2 is 1.72 bits per heavy atom. The van der Waals surface area contributed by atoms with Crippen LogP contribution in [0.15, 0.2) is 41.4 Å². The molecular formula is C21H26N4O4. The van der Waals surface area contributed by atoms with Gasteiger partial charge in [-0.15, -0.1) is 0 Å². The van der Waals surface area contributed by atoms with Crippen LogP contribution in [-0.2, 0) is 9.53 Å². The number of nitrogens with zero attached hydrogens (tertiary/aromatic N) is 2. The first-order chi connectivity index (χ1) is 14.0. The summed E-state index contributed by atoms with van der Waals surface area (Å²) in [5.74, 6) is 1.24. The number of nitrogen functional groups attached to an aromatic ring is 1. The summed E-state index contributed by atoms with van der Waals surface area (Å²) in [7, 11) is 3.20. The lowest BCUT2D eigenvalue weighted by Gasteiger charge is -2.26. The van der Waals surface area contributed by atoms with Crippen LogP contribution >= 0.6 is 0 Å². The quantitative estimate of drug-likeness (QED) is 0.573. The Labute approximate surface area is 170 Å². The van der Waals surface area contributed by atoms with Gasteiger partial charge in [0.1, 0.15) is 17.2 Å². The largest absolute Gasteiger partial charge is 0.497 e. The number of carbonyl (C=O) groups is 1. The molecule has 1 saturated heterocycles. The number of nitrogens with two attached hydrogens (primary N) is 1. The molecule has 1 aliphatic heterocycles. The molecule has 0 saturated carbocycles. The highest BCUT2D eigenvalue weighted by molar-refractivity contribution is 6.38. The van der Waals surface area contributed by atoms with Gasteiger partial charge in [0.2, 0.25) is 0 Å². The SMILES string of the molecule is COc1cc(Nc2ccc(N)c(N=C(C)C(=O)N3CCOCC3)c2)cc(OC)c1. The molecule has 1 fully saturated rings. The summed E-state index contributed by atoms with van der Waals surface area (Å²) >= 11 is 0. The van der Waals surface area contributed by atoms with Crippen molar-refractivity contribution in [1.29, 1.82) is 0 Å². The minimum absolute atomic E-state index is 0.108. The van der Waals surface area contributed by atoms with Gasteiger partial charge >= 0.3 is 0 Å². The monoisotopic (exact) mass is 398 g/mol. The molecule has 8 heteroatoms. The first-order valence-electron chi connectivity index (χ1n) is 9.32. The average molecular weight is 398 g/mol. The second-order valence-electron chi connectivity index (χ2n) is 6.60. The number of amides is 1. The van der Waals surface area contributed by atoms with Gasteiger partial charge in [0.05, 0.1) is 38.8 Å². The normalized spacial score (nSPS) is 14.4. The molecule has 0 radical (unpaired) electrons. The molecule has 2 aromatic carbocycles. The van der Waals surface area contributed by atoms with Crippen LogP contribution in [0, 0.1) is 0 Å². The number of benzene rings is 2. The van der Waals surface area contributed by atoms with E-state index in [1.165, 1.54) is 0 Å². The molecule has 0 unspecified atom stereocenters. The van der Waals surface area contributed by atoms with E-state index < -0.39 is 0 Å². The maximum atomic E-state index is 12.6. The van der Waals surface area contributed by atoms with Crippen LogP contribution in [0.5, 0.6) is 11.5 Å². The first kappa shape index (κ1) is 20.5. The Kier molecular flexibility index (Phi) is 6.56. The molecule has 2 aromatic rings. The summed E-state index contributed by atoms with van der Waals surface area (Å²) < 4.78 is 15.9. The highest BCUT2D eigenvalue weighted by Gasteiger charge is 2.19. The van der Waals surface area contributed by atoms with Crippen molar-refractivity contribution in [3.8, 4) is 11.5 Å². The maximum absolute atomic E-state index is 12.6. The molecule has 1 heterocycles. The third kappa shape index (κ3) is 5.17. The van der Waals surface area contributed by atoms with Crippen molar-refractivity contribution in [3.63, 3.8) is 0 Å². The fourth-order valence-corrected chi connectivity index (χ4v) is 2.99. The molecular weight excluding hydrogens is 372 g/mol. The number of anilines is 3. The van der Waals surface area contributed by atoms with Crippen molar-refractivity contribution >= 4 is 34.4 Å². The van der Waals surface area contributed by atoms with Crippen molar-refractivity contribution in [1.82, 2.24) is 4.90 Å². The number of aliphatic imine (C=N–C) groups is 1. The van der Waals surface area contributed by atoms with Crippen molar-refractivity contribution in [2.45, 2.75) is 6.92 Å². The van der Waals surface area contributed by atoms with Gasteiger partial charge < -0.3 is 30.2 Å². The van der Waals surface area contributed by atoms with Crippen LogP contribution in [0.25, 0.3) is 0 Å². The number of ether oxygens (including phenoxy) is 3. The number of carbonyl (C=O) groups excluding carboxylic acids is 1. The van der Waals surface area contributed by atoms with Gasteiger partial charge in [-0.05, 0) is 25.1 Å². The van der Waals surface area contributed by atoms with E-state index in [4.69, 9.17) is 19.9 Å². The number of hydrogen-bond acceptors (Lipinski definition) is 7. The molecule has 1 aliphatic rings. The molecule has 0 aromatic heterocycles. The maximum Gasteiger partial charge on any atom is 0.268 e. The van der Waals surface area contributed by atoms with Crippen LogP contribution in [0.2, 0.25) is 0 Å². The summed E-state index contributed by atoms with van der Waals surface area (Å²) in [4.78, 5) is 18.8. The van der Waals surface area contributed by atoms with Crippen molar-refractivity contribution < 1.29 is 19.0 Å². The zero-order chi connectivity index (χ0) is 20.8. The van der Waals surface area contributed by atoms with Gasteiger partial charge in [-0.2, -0.15) is 0 Å². The summed E-state index contributed by atoms with van der Waals surface area (Å²) in [5, 5.41) is 3.29. The Hall–Kier alpha value is -3.26. The summed E-state index contributed by atoms with van der Waals surface area (Å²) in [6.07, 6.45) is 0. The minimum atomic E-state index is -0.108. The second kappa shape index (κ2) is 9.29. The summed E-state index contributed by atoms with van der Waals surface area (Å²) in [6, 6.07) is 10.9. The van der Waals surface area contributed by atoms with Gasteiger partial charge in [0, 0.05) is 42.7 Å². The third-order valence-electron chi connectivity index (χ3n) is 4.57. The van der Waals surface area contributed by atoms with Crippen LogP contribution in [0.4, 0.5) is 22.7 Å². The third-order valence-corrected chi connectivity index (χ3v) is 4.57. The molecule has 8 nitrogen and oxygen atoms in total. The van der Waals surface area contributed by atoms with E-state index in [0.29, 0.717) is 54.9 Å². The standard InChI is InChI=1S/C21H26N4O4/c1-14(21(26)25-6-8-29-9-7-25)23-20-12-15(4-5-19(20)22)24-16-10-17(27-2)13-18(11-16)28-3/h4-5,10-13,24H,6-9,22H2,1-3H3. The molecule has 0 aliphatic carbocycles. The van der Waals surface area contributed by atoms with Crippen LogP contribution < -0.4 is 20.5 Å². The molecule has 0 atom stereocenters. The fourth-order valence-electron chi connectivity index (χ4n) is 2.99. The van der Waals surface area contributed by atoms with E-state index in [1.807, 2.05) is 18.2 Å². The lowest BCUT2D eigenvalue weighted by atomic mass is 10.2. The van der Waals surface area contributed by atoms with Crippen LogP contribution in [0.1, 0.15) is 6.92 Å². The van der Waals surface area contributed by atoms with E-state index in [-0.39, 0.29) is 5.91 Å². The number of rotatable bonds is 6. The van der Waals surface area contributed by atoms with Gasteiger partial charge in [0.25, 0.3) is 5.91 Å². The molecule has 0 spiro atoms. The molecule has 3 N–H and O–H groups in total. The Bertz CT molecular complexity index is 885. The summed E-state index contributed by atoms with van der Waals surface area (Å²) in [6.45, 7) is 3.93. The fraction of sp³-hybridized carbons (Fsp3) is 0.333. The van der Waals surface area contributed by atoms with Gasteiger partial charge in [-0.1, -0.05) is 0 Å². The second-order valence-corrected chi connectivity index (χ2v) is 6.60. The molecule has 29 heavy (non-hydrogen) atoms. The lowest BCUT2D eigenvalue weighted by molar-refractivity contribution is -0.128. The number of hydrogen-bond donors (Lipinski definition) is 2. The van der Waals surface area contributed by atoms with Crippen LogP contribution in [-0.4, -0.2) is 57.0 Å². The van der Waals surface area contributed by atoms with Crippen LogP contribution in [0.3, 0.4) is 0 Å². The van der Waals surface area contributed by atoms with E-state index in [2.05, 4.69) is 10.3 Å². The zero-order valence-electron chi connectivity index (χ0n) is 16.9. The topological polar surface area (TPSA) is 98.4 Å². The number of methoxy groups -OCH3 is 2. The number of morpholine rings is 1. The van der Waals surface area contributed by atoms with Gasteiger partial charge in [-0.3, -0.25) is 4.79 Å². The Morgan fingerprint density at radius 3 is 2.34 bits per heavy atom. The van der Waals surface area contributed by atoms with Gasteiger partial charge in [-0.25, -0.2) is 4.99 Å². The zero-order valence-corrected chi connectivity index (χ0v) is 16.9. The highest BCUT2D eigenvalue weighted by Crippen LogP contribution is 2.31. The average Bonchev–Trinajstić information content (AvgIpc) is 2.75. The molecule has 154 valence electrons. The smallest absolute Gasteiger partial charge is 0.268 e. The lowest BCUT2D eigenvalue weighted by Crippen LogP contribution is -2.43. The van der Waals surface area contributed by atoms with E-state index >= 15 is 0 Å². The minimum Gasteiger partial charge on any atom is -0.497 e. The predicted octanol–water partition coefficient (Wildman–Crippen LogP) is 2.98. The number of nitrogens with one attached hydrogen (secondary N) is 1. The van der Waals surface area contributed by atoms with Crippen molar-refractivity contribution in [2.75, 3.05) is 51.6 Å². The van der Waals surface area contributed by atoms with Crippen molar-refractivity contribution in [3.05, 3.63) is 36.4 Å². The highest BCUT2D eigenvalue weighted by atomic mass is 16.5. The molecule has 1 amide bonds. The summed E-state index contributed by atoms with van der Waals surface area (Å²) in [5.41, 5.74) is 9.07. The Balaban J connectivity index is 1.82. The first-order valence-corrected chi connectivity index (χ1v) is 9.32. The molecule has 0 bridgehead atoms. The molecule has 3 rings (SSSR count).